The Bertz CT molecular complexity index is 1310. The quantitative estimate of drug-likeness (QED) is 0.474. The standard InChI is InChI=1S/C24H25FN2O6S/c1-15-9-10-17(34(29,30)27-20-8-6-5-7-19(20)25)12-18(15)24(28)26-14-16-11-22(32-3)23(33-4)13-21(16)31-2/h5-13,27H,14H2,1-4H3,(H,26,28). The summed E-state index contributed by atoms with van der Waals surface area (Å²) in [6.45, 7) is 1.78. The summed E-state index contributed by atoms with van der Waals surface area (Å²) in [5.74, 6) is 0.235. The molecule has 0 bridgehead atoms. The molecule has 0 atom stereocenters. The molecule has 0 fully saturated rings. The molecule has 0 spiro atoms. The van der Waals surface area contributed by atoms with E-state index < -0.39 is 21.7 Å². The van der Waals surface area contributed by atoms with E-state index >= 15 is 0 Å². The maximum Gasteiger partial charge on any atom is 0.262 e. The van der Waals surface area contributed by atoms with Crippen LogP contribution in [0.25, 0.3) is 0 Å². The molecular weight excluding hydrogens is 463 g/mol. The van der Waals surface area contributed by atoms with Crippen molar-refractivity contribution in [2.75, 3.05) is 26.1 Å². The van der Waals surface area contributed by atoms with Crippen molar-refractivity contribution >= 4 is 21.6 Å². The van der Waals surface area contributed by atoms with Gasteiger partial charge in [-0.2, -0.15) is 0 Å². The molecule has 0 saturated carbocycles. The molecule has 3 rings (SSSR count). The van der Waals surface area contributed by atoms with Crippen LogP contribution in [0.3, 0.4) is 0 Å². The van der Waals surface area contributed by atoms with Gasteiger partial charge < -0.3 is 19.5 Å². The van der Waals surface area contributed by atoms with Crippen LogP contribution >= 0.6 is 0 Å². The maximum atomic E-state index is 13.9. The Hall–Kier alpha value is -3.79. The SMILES string of the molecule is COc1cc(OC)c(OC)cc1CNC(=O)c1cc(S(=O)(=O)Nc2ccccc2F)ccc1C. The number of benzene rings is 3. The van der Waals surface area contributed by atoms with Crippen molar-refractivity contribution < 1.29 is 31.8 Å². The first-order chi connectivity index (χ1) is 16.2. The number of anilines is 1. The number of halogens is 1. The fourth-order valence-electron chi connectivity index (χ4n) is 3.26. The molecule has 3 aromatic rings. The number of carbonyl (C=O) groups is 1. The van der Waals surface area contributed by atoms with Crippen LogP contribution in [0.4, 0.5) is 10.1 Å². The Morgan fingerprint density at radius 1 is 0.912 bits per heavy atom. The van der Waals surface area contributed by atoms with Crippen molar-refractivity contribution in [2.45, 2.75) is 18.4 Å². The predicted molar refractivity (Wildman–Crippen MR) is 126 cm³/mol. The number of hydrogen-bond donors (Lipinski definition) is 2. The van der Waals surface area contributed by atoms with Gasteiger partial charge in [-0.15, -0.1) is 0 Å². The molecule has 10 heteroatoms. The van der Waals surface area contributed by atoms with Gasteiger partial charge in [-0.1, -0.05) is 18.2 Å². The second-order valence-corrected chi connectivity index (χ2v) is 8.95. The Balaban J connectivity index is 1.84. The maximum absolute atomic E-state index is 13.9. The summed E-state index contributed by atoms with van der Waals surface area (Å²) in [6.07, 6.45) is 0. The highest BCUT2D eigenvalue weighted by atomic mass is 32.2. The Morgan fingerprint density at radius 3 is 2.21 bits per heavy atom. The van der Waals surface area contributed by atoms with Crippen LogP contribution in [0.5, 0.6) is 17.2 Å². The lowest BCUT2D eigenvalue weighted by Crippen LogP contribution is -2.24. The molecule has 180 valence electrons. The molecule has 0 aliphatic rings. The van der Waals surface area contributed by atoms with Crippen molar-refractivity contribution in [1.29, 1.82) is 0 Å². The van der Waals surface area contributed by atoms with E-state index in [-0.39, 0.29) is 22.7 Å². The molecule has 0 saturated heterocycles. The highest BCUT2D eigenvalue weighted by Crippen LogP contribution is 2.34. The van der Waals surface area contributed by atoms with Gasteiger partial charge in [0.2, 0.25) is 0 Å². The van der Waals surface area contributed by atoms with Crippen molar-refractivity contribution in [3.05, 3.63) is 77.1 Å². The Labute approximate surface area is 197 Å². The van der Waals surface area contributed by atoms with E-state index in [1.807, 2.05) is 0 Å². The smallest absolute Gasteiger partial charge is 0.262 e. The number of nitrogens with one attached hydrogen (secondary N) is 2. The minimum absolute atomic E-state index is 0.0895. The van der Waals surface area contributed by atoms with Crippen molar-refractivity contribution in [3.63, 3.8) is 0 Å². The largest absolute Gasteiger partial charge is 0.496 e. The number of methoxy groups -OCH3 is 3. The van der Waals surface area contributed by atoms with Crippen LogP contribution in [0.15, 0.2) is 59.5 Å². The lowest BCUT2D eigenvalue weighted by atomic mass is 10.1. The van der Waals surface area contributed by atoms with Gasteiger partial charge in [0.25, 0.3) is 15.9 Å². The van der Waals surface area contributed by atoms with Crippen LogP contribution in [0.2, 0.25) is 0 Å². The van der Waals surface area contributed by atoms with Crippen molar-refractivity contribution in [1.82, 2.24) is 5.32 Å². The Morgan fingerprint density at radius 2 is 1.56 bits per heavy atom. The zero-order chi connectivity index (χ0) is 24.9. The lowest BCUT2D eigenvalue weighted by Gasteiger charge is -2.15. The number of para-hydroxylation sites is 1. The molecule has 0 radical (unpaired) electrons. The van der Waals surface area contributed by atoms with Crippen LogP contribution in [0, 0.1) is 12.7 Å². The third-order valence-corrected chi connectivity index (χ3v) is 6.47. The van der Waals surface area contributed by atoms with Crippen molar-refractivity contribution in [3.8, 4) is 17.2 Å². The summed E-state index contributed by atoms with van der Waals surface area (Å²) >= 11 is 0. The van der Waals surface area contributed by atoms with Gasteiger partial charge in [-0.25, -0.2) is 12.8 Å². The molecule has 8 nitrogen and oxygen atoms in total. The average Bonchev–Trinajstić information content (AvgIpc) is 2.83. The predicted octanol–water partition coefficient (Wildman–Crippen LogP) is 3.89. The van der Waals surface area contributed by atoms with E-state index in [9.17, 15) is 17.6 Å². The minimum atomic E-state index is -4.12. The summed E-state index contributed by atoms with van der Waals surface area (Å²) in [6, 6.07) is 12.9. The monoisotopic (exact) mass is 488 g/mol. The van der Waals surface area contributed by atoms with E-state index in [0.717, 1.165) is 6.07 Å². The third kappa shape index (κ3) is 5.40. The fraction of sp³-hybridized carbons (Fsp3) is 0.208. The summed E-state index contributed by atoms with van der Waals surface area (Å²) in [7, 11) is 0.371. The van der Waals surface area contributed by atoms with E-state index in [2.05, 4.69) is 10.0 Å². The third-order valence-electron chi connectivity index (χ3n) is 5.11. The van der Waals surface area contributed by atoms with Gasteiger partial charge in [0.05, 0.1) is 31.9 Å². The summed E-state index contributed by atoms with van der Waals surface area (Å²) < 4.78 is 57.6. The highest BCUT2D eigenvalue weighted by Gasteiger charge is 2.20. The topological polar surface area (TPSA) is 103 Å². The molecule has 0 heterocycles. The normalized spacial score (nSPS) is 11.0. The second kappa shape index (κ2) is 10.4. The lowest BCUT2D eigenvalue weighted by molar-refractivity contribution is 0.0950. The summed E-state index contributed by atoms with van der Waals surface area (Å²) in [4.78, 5) is 12.8. The zero-order valence-electron chi connectivity index (χ0n) is 19.1. The van der Waals surface area contributed by atoms with Gasteiger partial charge in [0.15, 0.2) is 11.5 Å². The van der Waals surface area contributed by atoms with E-state index in [4.69, 9.17) is 14.2 Å². The molecule has 3 aromatic carbocycles. The van der Waals surface area contributed by atoms with Crippen LogP contribution < -0.4 is 24.2 Å². The van der Waals surface area contributed by atoms with E-state index in [1.165, 1.54) is 57.7 Å². The van der Waals surface area contributed by atoms with Gasteiger partial charge in [-0.3, -0.25) is 9.52 Å². The van der Waals surface area contributed by atoms with Gasteiger partial charge in [-0.05, 0) is 42.8 Å². The molecule has 0 unspecified atom stereocenters. The van der Waals surface area contributed by atoms with Crippen LogP contribution in [0.1, 0.15) is 21.5 Å². The number of carbonyl (C=O) groups excluding carboxylic acids is 1. The van der Waals surface area contributed by atoms with Crippen LogP contribution in [-0.4, -0.2) is 35.7 Å². The number of hydrogen-bond acceptors (Lipinski definition) is 6. The first-order valence-electron chi connectivity index (χ1n) is 10.1. The van der Waals surface area contributed by atoms with Crippen LogP contribution in [-0.2, 0) is 16.6 Å². The highest BCUT2D eigenvalue weighted by molar-refractivity contribution is 7.92. The Kier molecular flexibility index (Phi) is 7.62. The molecule has 1 amide bonds. The fourth-order valence-corrected chi connectivity index (χ4v) is 4.35. The second-order valence-electron chi connectivity index (χ2n) is 7.26. The molecule has 0 aliphatic heterocycles. The minimum Gasteiger partial charge on any atom is -0.496 e. The zero-order valence-corrected chi connectivity index (χ0v) is 20.0. The number of rotatable bonds is 9. The first-order valence-corrected chi connectivity index (χ1v) is 11.6. The molecule has 34 heavy (non-hydrogen) atoms. The molecular formula is C24H25FN2O6S. The first kappa shape index (κ1) is 24.8. The van der Waals surface area contributed by atoms with E-state index in [1.54, 1.807) is 19.1 Å². The van der Waals surface area contributed by atoms with Gasteiger partial charge in [0.1, 0.15) is 11.6 Å². The summed E-state index contributed by atoms with van der Waals surface area (Å²) in [5.41, 5.74) is 1.18. The molecule has 0 aromatic heterocycles. The molecule has 2 N–H and O–H groups in total. The average molecular weight is 489 g/mol. The molecule has 0 aliphatic carbocycles. The summed E-state index contributed by atoms with van der Waals surface area (Å²) in [5, 5.41) is 2.77. The van der Waals surface area contributed by atoms with Crippen molar-refractivity contribution in [2.24, 2.45) is 0 Å². The number of amides is 1. The number of aryl methyl sites for hydroxylation is 1. The van der Waals surface area contributed by atoms with E-state index in [0.29, 0.717) is 28.4 Å². The number of ether oxygens (including phenoxy) is 3. The van der Waals surface area contributed by atoms with Gasteiger partial charge >= 0.3 is 0 Å². The number of sulfonamides is 1. The van der Waals surface area contributed by atoms with Gasteiger partial charge in [0, 0.05) is 23.7 Å².